The average Bonchev–Trinajstić information content (AvgIpc) is 1.76. The smallest absolute Gasteiger partial charge is 0.306 e. The minimum Gasteiger partial charge on any atom is -0.481 e. The zero-order chi connectivity index (χ0) is 6.43. The molecule has 50 valence electrons. The zero-order valence-electron chi connectivity index (χ0n) is 5.21. The summed E-state index contributed by atoms with van der Waals surface area (Å²) in [6, 6.07) is 0. The highest BCUT2D eigenvalue weighted by Crippen LogP contribution is 2.54. The quantitative estimate of drug-likeness (QED) is 0.571. The van der Waals surface area contributed by atoms with E-state index in [1.807, 2.05) is 0 Å². The molecule has 0 aliphatic heterocycles. The Morgan fingerprint density at radius 1 is 1.44 bits per heavy atom. The molecule has 0 heterocycles. The third kappa shape index (κ3) is 0.533. The third-order valence-electron chi connectivity index (χ3n) is 2.87. The van der Waals surface area contributed by atoms with Crippen molar-refractivity contribution in [3.8, 4) is 0 Å². The van der Waals surface area contributed by atoms with Crippen molar-refractivity contribution in [2.75, 3.05) is 0 Å². The van der Waals surface area contributed by atoms with E-state index in [9.17, 15) is 4.79 Å². The largest absolute Gasteiger partial charge is 0.481 e. The first-order valence-corrected chi connectivity index (χ1v) is 3.52. The molecule has 0 aromatic carbocycles. The van der Waals surface area contributed by atoms with Gasteiger partial charge in [0.1, 0.15) is 0 Å². The van der Waals surface area contributed by atoms with Gasteiger partial charge in [-0.2, -0.15) is 0 Å². The van der Waals surface area contributed by atoms with E-state index in [2.05, 4.69) is 0 Å². The second-order valence-corrected chi connectivity index (χ2v) is 3.18. The topological polar surface area (TPSA) is 37.3 Å². The van der Waals surface area contributed by atoms with Gasteiger partial charge in [-0.05, 0) is 31.1 Å². The van der Waals surface area contributed by atoms with Gasteiger partial charge in [0, 0.05) is 0 Å². The molecule has 0 radical (unpaired) electrons. The van der Waals surface area contributed by atoms with Crippen LogP contribution in [-0.4, -0.2) is 11.1 Å². The van der Waals surface area contributed by atoms with E-state index in [0.29, 0.717) is 5.92 Å². The summed E-state index contributed by atoms with van der Waals surface area (Å²) in [4.78, 5) is 10.4. The number of fused-ring (bicyclic) bond motifs is 1. The Hall–Kier alpha value is -0.530. The number of hydrogen-bond acceptors (Lipinski definition) is 1. The fourth-order valence-electron chi connectivity index (χ4n) is 2.01. The third-order valence-corrected chi connectivity index (χ3v) is 2.87. The molecule has 2 fully saturated rings. The summed E-state index contributed by atoms with van der Waals surface area (Å²) in [5, 5.41) is 8.56. The van der Waals surface area contributed by atoms with E-state index in [4.69, 9.17) is 5.11 Å². The van der Waals surface area contributed by atoms with Crippen molar-refractivity contribution in [3.05, 3.63) is 0 Å². The molecule has 2 nitrogen and oxygen atoms in total. The lowest BCUT2D eigenvalue weighted by Crippen LogP contribution is -2.47. The Morgan fingerprint density at radius 3 is 2.33 bits per heavy atom. The summed E-state index contributed by atoms with van der Waals surface area (Å²) in [6.45, 7) is 0. The first-order chi connectivity index (χ1) is 4.29. The fourth-order valence-corrected chi connectivity index (χ4v) is 2.01. The van der Waals surface area contributed by atoms with Crippen molar-refractivity contribution in [1.82, 2.24) is 0 Å². The maximum Gasteiger partial charge on any atom is 0.306 e. The van der Waals surface area contributed by atoms with Crippen LogP contribution in [0.25, 0.3) is 0 Å². The normalized spacial score (nSPS) is 46.4. The van der Waals surface area contributed by atoms with E-state index >= 15 is 0 Å². The monoisotopic (exact) mass is 126 g/mol. The number of carboxylic acid groups (broad SMARTS) is 1. The lowest BCUT2D eigenvalue weighted by Gasteiger charge is -2.50. The van der Waals surface area contributed by atoms with Gasteiger partial charge < -0.3 is 5.11 Å². The van der Waals surface area contributed by atoms with E-state index in [-0.39, 0.29) is 5.92 Å². The highest BCUT2D eigenvalue weighted by atomic mass is 16.4. The SMILES string of the molecule is O=C(O)C1CC2CC[C@H]21. The molecular weight excluding hydrogens is 116 g/mol. The Labute approximate surface area is 53.9 Å². The second kappa shape index (κ2) is 1.49. The molecule has 2 heteroatoms. The summed E-state index contributed by atoms with van der Waals surface area (Å²) >= 11 is 0. The minimum absolute atomic E-state index is 0.0312. The number of carboxylic acids is 1. The summed E-state index contributed by atoms with van der Waals surface area (Å²) in [5.41, 5.74) is 0. The molecule has 0 amide bonds. The predicted octanol–water partition coefficient (Wildman–Crippen LogP) is 1.12. The lowest BCUT2D eigenvalue weighted by molar-refractivity contribution is -0.157. The van der Waals surface area contributed by atoms with Crippen LogP contribution in [0.2, 0.25) is 0 Å². The van der Waals surface area contributed by atoms with Gasteiger partial charge in [-0.3, -0.25) is 4.79 Å². The lowest BCUT2D eigenvalue weighted by atomic mass is 9.53. The first-order valence-electron chi connectivity index (χ1n) is 3.52. The van der Waals surface area contributed by atoms with Gasteiger partial charge in [-0.1, -0.05) is 0 Å². The molecule has 1 N–H and O–H groups in total. The van der Waals surface area contributed by atoms with Gasteiger partial charge in [-0.15, -0.1) is 0 Å². The van der Waals surface area contributed by atoms with Crippen molar-refractivity contribution in [3.63, 3.8) is 0 Å². The molecule has 3 atom stereocenters. The van der Waals surface area contributed by atoms with Crippen molar-refractivity contribution in [2.45, 2.75) is 19.3 Å². The molecule has 0 spiro atoms. The highest BCUT2D eigenvalue weighted by molar-refractivity contribution is 5.72. The molecule has 2 saturated carbocycles. The molecular formula is C7H10O2. The van der Waals surface area contributed by atoms with Gasteiger partial charge in [0.2, 0.25) is 0 Å². The van der Waals surface area contributed by atoms with Crippen molar-refractivity contribution >= 4 is 5.97 Å². The number of hydrogen-bond donors (Lipinski definition) is 1. The molecule has 2 unspecified atom stereocenters. The van der Waals surface area contributed by atoms with E-state index in [0.717, 1.165) is 12.3 Å². The number of carbonyl (C=O) groups is 1. The van der Waals surface area contributed by atoms with Crippen LogP contribution in [0.1, 0.15) is 19.3 Å². The average molecular weight is 126 g/mol. The Bertz CT molecular complexity index is 153. The molecule has 0 saturated heterocycles. The molecule has 2 aliphatic rings. The maximum atomic E-state index is 10.4. The molecule has 2 rings (SSSR count). The van der Waals surface area contributed by atoms with Gasteiger partial charge in [0.05, 0.1) is 5.92 Å². The van der Waals surface area contributed by atoms with Crippen LogP contribution >= 0.6 is 0 Å². The van der Waals surface area contributed by atoms with Crippen LogP contribution in [0.3, 0.4) is 0 Å². The Balaban J connectivity index is 1.97. The summed E-state index contributed by atoms with van der Waals surface area (Å²) in [6.07, 6.45) is 3.41. The van der Waals surface area contributed by atoms with Crippen molar-refractivity contribution in [1.29, 1.82) is 0 Å². The summed E-state index contributed by atoms with van der Waals surface area (Å²) in [5.74, 6) is 0.827. The highest BCUT2D eigenvalue weighted by Gasteiger charge is 2.50. The van der Waals surface area contributed by atoms with Crippen molar-refractivity contribution < 1.29 is 9.90 Å². The summed E-state index contributed by atoms with van der Waals surface area (Å²) < 4.78 is 0. The molecule has 0 aromatic heterocycles. The van der Waals surface area contributed by atoms with Crippen LogP contribution < -0.4 is 0 Å². The van der Waals surface area contributed by atoms with E-state index in [1.165, 1.54) is 12.8 Å². The van der Waals surface area contributed by atoms with Gasteiger partial charge in [-0.25, -0.2) is 0 Å². The fraction of sp³-hybridized carbons (Fsp3) is 0.857. The second-order valence-electron chi connectivity index (χ2n) is 3.18. The predicted molar refractivity (Wildman–Crippen MR) is 32.0 cm³/mol. The molecule has 9 heavy (non-hydrogen) atoms. The Morgan fingerprint density at radius 2 is 2.22 bits per heavy atom. The number of aliphatic carboxylic acids is 1. The van der Waals surface area contributed by atoms with Gasteiger partial charge in [0.15, 0.2) is 0 Å². The maximum absolute atomic E-state index is 10.4. The Kier molecular flexibility index (Phi) is 0.875. The standard InChI is InChI=1S/C7H10O2/c8-7(9)6-3-4-1-2-5(4)6/h4-6H,1-3H2,(H,8,9)/t4?,5-,6?/m1/s1. The van der Waals surface area contributed by atoms with Gasteiger partial charge >= 0.3 is 5.97 Å². The van der Waals surface area contributed by atoms with Crippen molar-refractivity contribution in [2.24, 2.45) is 17.8 Å². The van der Waals surface area contributed by atoms with Crippen LogP contribution in [0.4, 0.5) is 0 Å². The zero-order valence-corrected chi connectivity index (χ0v) is 5.21. The van der Waals surface area contributed by atoms with Crippen LogP contribution in [0, 0.1) is 17.8 Å². The first kappa shape index (κ1) is 5.27. The molecule has 2 aliphatic carbocycles. The molecule has 0 bridgehead atoms. The summed E-state index contributed by atoms with van der Waals surface area (Å²) in [7, 11) is 0. The van der Waals surface area contributed by atoms with Crippen LogP contribution in [0.15, 0.2) is 0 Å². The molecule has 0 aromatic rings. The van der Waals surface area contributed by atoms with Gasteiger partial charge in [0.25, 0.3) is 0 Å². The van der Waals surface area contributed by atoms with E-state index in [1.54, 1.807) is 0 Å². The van der Waals surface area contributed by atoms with Crippen LogP contribution in [-0.2, 0) is 4.79 Å². The van der Waals surface area contributed by atoms with E-state index < -0.39 is 5.97 Å². The van der Waals surface area contributed by atoms with Crippen LogP contribution in [0.5, 0.6) is 0 Å². The minimum atomic E-state index is -0.573. The number of rotatable bonds is 1.